The Morgan fingerprint density at radius 1 is 1.03 bits per heavy atom. The Bertz CT molecular complexity index is 1150. The van der Waals surface area contributed by atoms with Gasteiger partial charge >= 0.3 is 0 Å². The van der Waals surface area contributed by atoms with Crippen molar-refractivity contribution < 1.29 is 22.3 Å². The maximum atomic E-state index is 13.1. The molecule has 0 aromatic heterocycles. The zero-order valence-corrected chi connectivity index (χ0v) is 17.9. The first-order chi connectivity index (χ1) is 14.8. The van der Waals surface area contributed by atoms with Crippen LogP contribution in [0.2, 0.25) is 0 Å². The molecule has 6 nitrogen and oxygen atoms in total. The van der Waals surface area contributed by atoms with Crippen molar-refractivity contribution in [2.75, 3.05) is 11.8 Å². The van der Waals surface area contributed by atoms with Gasteiger partial charge in [0.25, 0.3) is 15.9 Å². The van der Waals surface area contributed by atoms with E-state index in [0.717, 1.165) is 23.4 Å². The largest absolute Gasteiger partial charge is 0.497 e. The molecule has 3 aromatic rings. The third-order valence-electron chi connectivity index (χ3n) is 4.73. The summed E-state index contributed by atoms with van der Waals surface area (Å²) in [4.78, 5) is 12.7. The van der Waals surface area contributed by atoms with Crippen LogP contribution in [0.1, 0.15) is 35.3 Å². The van der Waals surface area contributed by atoms with E-state index >= 15 is 0 Å². The van der Waals surface area contributed by atoms with E-state index in [4.69, 9.17) is 4.74 Å². The Hall–Kier alpha value is -3.39. The molecule has 3 rings (SSSR count). The molecule has 162 valence electrons. The van der Waals surface area contributed by atoms with Gasteiger partial charge in [0.2, 0.25) is 0 Å². The van der Waals surface area contributed by atoms with Gasteiger partial charge in [0.05, 0.1) is 18.0 Å². The van der Waals surface area contributed by atoms with Gasteiger partial charge in [-0.15, -0.1) is 0 Å². The number of benzene rings is 3. The first kappa shape index (κ1) is 22.3. The summed E-state index contributed by atoms with van der Waals surface area (Å²) in [7, 11) is -2.36. The lowest BCUT2D eigenvalue weighted by Crippen LogP contribution is -2.28. The summed E-state index contributed by atoms with van der Waals surface area (Å²) in [6, 6.07) is 17.9. The van der Waals surface area contributed by atoms with E-state index in [2.05, 4.69) is 10.0 Å². The SMILES string of the molecule is CCC(NC(=O)c1cccc(S(=O)(=O)Nc2ccc(F)cc2)c1)c1ccc(OC)cc1. The van der Waals surface area contributed by atoms with E-state index < -0.39 is 15.8 Å². The Balaban J connectivity index is 1.77. The molecule has 0 spiro atoms. The molecule has 0 heterocycles. The zero-order chi connectivity index (χ0) is 22.4. The highest BCUT2D eigenvalue weighted by molar-refractivity contribution is 7.92. The Labute approximate surface area is 181 Å². The van der Waals surface area contributed by atoms with E-state index in [0.29, 0.717) is 6.42 Å². The monoisotopic (exact) mass is 442 g/mol. The summed E-state index contributed by atoms with van der Waals surface area (Å²) in [6.45, 7) is 1.95. The maximum Gasteiger partial charge on any atom is 0.261 e. The van der Waals surface area contributed by atoms with E-state index in [1.807, 2.05) is 31.2 Å². The lowest BCUT2D eigenvalue weighted by molar-refractivity contribution is 0.0935. The average molecular weight is 443 g/mol. The fraction of sp³-hybridized carbons (Fsp3) is 0.174. The highest BCUT2D eigenvalue weighted by Crippen LogP contribution is 2.22. The number of hydrogen-bond donors (Lipinski definition) is 2. The van der Waals surface area contributed by atoms with Gasteiger partial charge < -0.3 is 10.1 Å². The van der Waals surface area contributed by atoms with Crippen molar-refractivity contribution in [3.05, 3.63) is 89.7 Å². The van der Waals surface area contributed by atoms with Crippen molar-refractivity contribution in [3.63, 3.8) is 0 Å². The normalized spacial score (nSPS) is 12.1. The van der Waals surface area contributed by atoms with E-state index in [-0.39, 0.29) is 28.1 Å². The topological polar surface area (TPSA) is 84.5 Å². The van der Waals surface area contributed by atoms with Crippen LogP contribution in [-0.2, 0) is 10.0 Å². The van der Waals surface area contributed by atoms with Gasteiger partial charge in [-0.2, -0.15) is 0 Å². The van der Waals surface area contributed by atoms with E-state index in [1.165, 1.54) is 30.3 Å². The summed E-state index contributed by atoms with van der Waals surface area (Å²) in [5, 5.41) is 2.93. The Morgan fingerprint density at radius 2 is 1.71 bits per heavy atom. The number of amides is 1. The second kappa shape index (κ2) is 9.61. The number of hydrogen-bond acceptors (Lipinski definition) is 4. The molecule has 0 saturated carbocycles. The van der Waals surface area contributed by atoms with Crippen LogP contribution in [0.3, 0.4) is 0 Å². The number of ether oxygens (including phenoxy) is 1. The molecule has 0 saturated heterocycles. The van der Waals surface area contributed by atoms with Gasteiger partial charge in [0.15, 0.2) is 0 Å². The maximum absolute atomic E-state index is 13.1. The Morgan fingerprint density at radius 3 is 2.32 bits per heavy atom. The van der Waals surface area contributed by atoms with Gasteiger partial charge in [0, 0.05) is 11.3 Å². The molecule has 0 fully saturated rings. The molecule has 1 amide bonds. The molecule has 0 aliphatic heterocycles. The van der Waals surface area contributed by atoms with Crippen LogP contribution in [0.5, 0.6) is 5.75 Å². The molecule has 8 heteroatoms. The first-order valence-corrected chi connectivity index (χ1v) is 11.1. The Kier molecular flexibility index (Phi) is 6.91. The number of nitrogens with one attached hydrogen (secondary N) is 2. The van der Waals surface area contributed by atoms with Crippen molar-refractivity contribution in [1.29, 1.82) is 0 Å². The standard InChI is InChI=1S/C23H23FN2O4S/c1-3-22(16-7-13-20(30-2)14-8-16)25-23(27)17-5-4-6-21(15-17)31(28,29)26-19-11-9-18(24)10-12-19/h4-15,22,26H,3H2,1-2H3,(H,25,27). The number of rotatable bonds is 8. The predicted octanol–water partition coefficient (Wildman–Crippen LogP) is 4.52. The van der Waals surface area contributed by atoms with Gasteiger partial charge in [-0.05, 0) is 66.6 Å². The van der Waals surface area contributed by atoms with Crippen molar-refractivity contribution in [3.8, 4) is 5.75 Å². The molecule has 2 N–H and O–H groups in total. The zero-order valence-electron chi connectivity index (χ0n) is 17.1. The van der Waals surface area contributed by atoms with Crippen molar-refractivity contribution in [2.45, 2.75) is 24.3 Å². The van der Waals surface area contributed by atoms with Gasteiger partial charge in [-0.3, -0.25) is 9.52 Å². The third kappa shape index (κ3) is 5.61. The van der Waals surface area contributed by atoms with E-state index in [9.17, 15) is 17.6 Å². The fourth-order valence-electron chi connectivity index (χ4n) is 3.04. The smallest absolute Gasteiger partial charge is 0.261 e. The lowest BCUT2D eigenvalue weighted by atomic mass is 10.0. The van der Waals surface area contributed by atoms with Gasteiger partial charge in [-0.25, -0.2) is 12.8 Å². The van der Waals surface area contributed by atoms with Gasteiger partial charge in [0.1, 0.15) is 11.6 Å². The summed E-state index contributed by atoms with van der Waals surface area (Å²) >= 11 is 0. The highest BCUT2D eigenvalue weighted by atomic mass is 32.2. The number of carbonyl (C=O) groups is 1. The minimum absolute atomic E-state index is 0.0676. The van der Waals surface area contributed by atoms with Gasteiger partial charge in [-0.1, -0.05) is 25.1 Å². The van der Waals surface area contributed by atoms with E-state index in [1.54, 1.807) is 13.2 Å². The molecule has 31 heavy (non-hydrogen) atoms. The molecule has 0 aliphatic carbocycles. The average Bonchev–Trinajstić information content (AvgIpc) is 2.79. The molecular formula is C23H23FN2O4S. The molecule has 3 aromatic carbocycles. The molecular weight excluding hydrogens is 419 g/mol. The second-order valence-electron chi connectivity index (χ2n) is 6.85. The summed E-state index contributed by atoms with van der Waals surface area (Å²) in [6.07, 6.45) is 0.655. The number of carbonyl (C=O) groups excluding carboxylic acids is 1. The third-order valence-corrected chi connectivity index (χ3v) is 6.11. The summed E-state index contributed by atoms with van der Waals surface area (Å²) in [5.74, 6) is -0.137. The van der Waals surface area contributed by atoms with Crippen molar-refractivity contribution >= 4 is 21.6 Å². The number of methoxy groups -OCH3 is 1. The molecule has 0 radical (unpaired) electrons. The molecule has 0 aliphatic rings. The summed E-state index contributed by atoms with van der Waals surface area (Å²) < 4.78 is 45.9. The van der Waals surface area contributed by atoms with Crippen LogP contribution >= 0.6 is 0 Å². The molecule has 1 atom stereocenters. The first-order valence-electron chi connectivity index (χ1n) is 9.65. The minimum Gasteiger partial charge on any atom is -0.497 e. The highest BCUT2D eigenvalue weighted by Gasteiger charge is 2.19. The van der Waals surface area contributed by atoms with Crippen LogP contribution in [0.4, 0.5) is 10.1 Å². The van der Waals surface area contributed by atoms with Crippen LogP contribution in [0.15, 0.2) is 77.7 Å². The van der Waals surface area contributed by atoms with Crippen LogP contribution in [-0.4, -0.2) is 21.4 Å². The van der Waals surface area contributed by atoms with Crippen LogP contribution < -0.4 is 14.8 Å². The van der Waals surface area contributed by atoms with Crippen LogP contribution in [0, 0.1) is 5.82 Å². The quantitative estimate of drug-likeness (QED) is 0.537. The van der Waals surface area contributed by atoms with Crippen LogP contribution in [0.25, 0.3) is 0 Å². The molecule has 0 bridgehead atoms. The van der Waals surface area contributed by atoms with Crippen molar-refractivity contribution in [1.82, 2.24) is 5.32 Å². The number of anilines is 1. The summed E-state index contributed by atoms with van der Waals surface area (Å²) in [5.41, 5.74) is 1.36. The molecule has 1 unspecified atom stereocenters. The predicted molar refractivity (Wildman–Crippen MR) is 117 cm³/mol. The fourth-order valence-corrected chi connectivity index (χ4v) is 4.14. The number of halogens is 1. The minimum atomic E-state index is -3.94. The van der Waals surface area contributed by atoms with Crippen molar-refractivity contribution in [2.24, 2.45) is 0 Å². The second-order valence-corrected chi connectivity index (χ2v) is 8.53. The lowest BCUT2D eigenvalue weighted by Gasteiger charge is -2.18. The number of sulfonamides is 1.